The largest absolute Gasteiger partial charge is 0.452 e. The first kappa shape index (κ1) is 14.6. The molecule has 3 aromatic heterocycles. The summed E-state index contributed by atoms with van der Waals surface area (Å²) in [5, 5.41) is 8.61. The number of rotatable bonds is 4. The number of benzene rings is 1. The minimum Gasteiger partial charge on any atom is -0.452 e. The summed E-state index contributed by atoms with van der Waals surface area (Å²) in [6.07, 6.45) is 1.76. The standard InChI is InChI=1S/C17H13N3O3S/c1-20-8-13(12-4-2-3-5-14(12)20)17(21)22-9-15-18-16(19-23-15)11-6-7-24-10-11/h2-8,10H,9H2,1H3. The van der Waals surface area contributed by atoms with Crippen molar-refractivity contribution in [3.63, 3.8) is 0 Å². The van der Waals surface area contributed by atoms with E-state index in [1.165, 1.54) is 0 Å². The van der Waals surface area contributed by atoms with Gasteiger partial charge in [0.15, 0.2) is 6.61 Å². The van der Waals surface area contributed by atoms with Gasteiger partial charge in [0, 0.05) is 35.1 Å². The zero-order valence-corrected chi connectivity index (χ0v) is 13.6. The van der Waals surface area contributed by atoms with Crippen molar-refractivity contribution in [3.05, 3.63) is 58.7 Å². The lowest BCUT2D eigenvalue weighted by atomic mass is 10.2. The van der Waals surface area contributed by atoms with E-state index in [4.69, 9.17) is 9.26 Å². The highest BCUT2D eigenvalue weighted by Gasteiger charge is 2.17. The maximum atomic E-state index is 12.4. The maximum absolute atomic E-state index is 12.4. The van der Waals surface area contributed by atoms with Crippen molar-refractivity contribution in [2.45, 2.75) is 6.61 Å². The molecule has 7 heteroatoms. The minimum atomic E-state index is -0.415. The number of esters is 1. The molecule has 6 nitrogen and oxygen atoms in total. The third-order valence-electron chi connectivity index (χ3n) is 3.69. The molecule has 120 valence electrons. The number of fused-ring (bicyclic) bond motifs is 1. The molecule has 0 fully saturated rings. The van der Waals surface area contributed by atoms with Crippen LogP contribution in [0, 0.1) is 0 Å². The number of aromatic nitrogens is 3. The van der Waals surface area contributed by atoms with Crippen LogP contribution in [0.5, 0.6) is 0 Å². The lowest BCUT2D eigenvalue weighted by Gasteiger charge is -2.00. The van der Waals surface area contributed by atoms with Gasteiger partial charge in [-0.3, -0.25) is 0 Å². The Hall–Kier alpha value is -2.93. The predicted molar refractivity (Wildman–Crippen MR) is 89.6 cm³/mol. The first-order valence-corrected chi connectivity index (χ1v) is 8.23. The smallest absolute Gasteiger partial charge is 0.340 e. The lowest BCUT2D eigenvalue weighted by Crippen LogP contribution is -2.05. The molecular weight excluding hydrogens is 326 g/mol. The van der Waals surface area contributed by atoms with E-state index in [2.05, 4.69) is 10.1 Å². The van der Waals surface area contributed by atoms with Crippen molar-refractivity contribution >= 4 is 28.2 Å². The van der Waals surface area contributed by atoms with Crippen LogP contribution in [0.3, 0.4) is 0 Å². The molecule has 0 aliphatic rings. The van der Waals surface area contributed by atoms with Gasteiger partial charge in [-0.1, -0.05) is 23.4 Å². The fraction of sp³-hybridized carbons (Fsp3) is 0.118. The van der Waals surface area contributed by atoms with Gasteiger partial charge in [-0.15, -0.1) is 0 Å². The van der Waals surface area contributed by atoms with E-state index >= 15 is 0 Å². The highest BCUT2D eigenvalue weighted by Crippen LogP contribution is 2.22. The number of aryl methyl sites for hydroxylation is 1. The van der Waals surface area contributed by atoms with Gasteiger partial charge in [-0.25, -0.2) is 4.79 Å². The summed E-state index contributed by atoms with van der Waals surface area (Å²) >= 11 is 1.55. The van der Waals surface area contributed by atoms with Crippen molar-refractivity contribution < 1.29 is 14.1 Å². The van der Waals surface area contributed by atoms with Gasteiger partial charge in [-0.2, -0.15) is 16.3 Å². The average Bonchev–Trinajstić information content (AvgIpc) is 3.33. The molecule has 0 N–H and O–H groups in total. The number of carbonyl (C=O) groups is 1. The van der Waals surface area contributed by atoms with E-state index in [9.17, 15) is 4.79 Å². The number of hydrogen-bond acceptors (Lipinski definition) is 6. The number of hydrogen-bond donors (Lipinski definition) is 0. The molecule has 0 unspecified atom stereocenters. The van der Waals surface area contributed by atoms with Crippen LogP contribution in [0.4, 0.5) is 0 Å². The Kier molecular flexibility index (Phi) is 3.62. The van der Waals surface area contributed by atoms with Crippen LogP contribution < -0.4 is 0 Å². The van der Waals surface area contributed by atoms with E-state index in [0.717, 1.165) is 16.5 Å². The van der Waals surface area contributed by atoms with Crippen molar-refractivity contribution in [2.75, 3.05) is 0 Å². The number of nitrogens with zero attached hydrogens (tertiary/aromatic N) is 3. The summed E-state index contributed by atoms with van der Waals surface area (Å²) in [6, 6.07) is 9.58. The molecule has 0 radical (unpaired) electrons. The number of ether oxygens (including phenoxy) is 1. The number of para-hydroxylation sites is 1. The monoisotopic (exact) mass is 339 g/mol. The molecule has 0 atom stereocenters. The van der Waals surface area contributed by atoms with Crippen molar-refractivity contribution in [1.29, 1.82) is 0 Å². The number of carbonyl (C=O) groups excluding carboxylic acids is 1. The Balaban J connectivity index is 1.50. The van der Waals surface area contributed by atoms with E-state index < -0.39 is 5.97 Å². The van der Waals surface area contributed by atoms with Crippen molar-refractivity contribution in [2.24, 2.45) is 7.05 Å². The zero-order valence-electron chi connectivity index (χ0n) is 12.8. The molecule has 0 aliphatic carbocycles. The summed E-state index contributed by atoms with van der Waals surface area (Å²) in [5.41, 5.74) is 2.38. The first-order valence-electron chi connectivity index (χ1n) is 7.29. The quantitative estimate of drug-likeness (QED) is 0.531. The molecule has 0 spiro atoms. The third kappa shape index (κ3) is 2.59. The van der Waals surface area contributed by atoms with Crippen LogP contribution >= 0.6 is 11.3 Å². The third-order valence-corrected chi connectivity index (χ3v) is 4.37. The molecule has 0 saturated heterocycles. The lowest BCUT2D eigenvalue weighted by molar-refractivity contribution is 0.0432. The van der Waals surface area contributed by atoms with Gasteiger partial charge in [0.1, 0.15) is 0 Å². The van der Waals surface area contributed by atoms with Crippen LogP contribution in [-0.4, -0.2) is 20.7 Å². The molecular formula is C17H13N3O3S. The van der Waals surface area contributed by atoms with Crippen molar-refractivity contribution in [3.8, 4) is 11.4 Å². The Morgan fingerprint density at radius 3 is 3.04 bits per heavy atom. The van der Waals surface area contributed by atoms with Crippen LogP contribution in [0.1, 0.15) is 16.2 Å². The van der Waals surface area contributed by atoms with Crippen LogP contribution in [0.2, 0.25) is 0 Å². The van der Waals surface area contributed by atoms with E-state index in [1.54, 1.807) is 17.5 Å². The number of thiophene rings is 1. The molecule has 4 rings (SSSR count). The van der Waals surface area contributed by atoms with Gasteiger partial charge < -0.3 is 13.8 Å². The first-order chi connectivity index (χ1) is 11.7. The SMILES string of the molecule is Cn1cc(C(=O)OCc2nc(-c3ccsc3)no2)c2ccccc21. The molecule has 0 bridgehead atoms. The Bertz CT molecular complexity index is 1000. The van der Waals surface area contributed by atoms with E-state index in [-0.39, 0.29) is 12.5 Å². The van der Waals surface area contributed by atoms with Gasteiger partial charge in [0.05, 0.1) is 5.56 Å². The normalized spacial score (nSPS) is 11.0. The average molecular weight is 339 g/mol. The maximum Gasteiger partial charge on any atom is 0.340 e. The Morgan fingerprint density at radius 2 is 2.21 bits per heavy atom. The topological polar surface area (TPSA) is 70.2 Å². The molecule has 4 aromatic rings. The molecule has 24 heavy (non-hydrogen) atoms. The second-order valence-corrected chi connectivity index (χ2v) is 6.05. The molecule has 0 aliphatic heterocycles. The second kappa shape index (κ2) is 5.93. The zero-order chi connectivity index (χ0) is 16.5. The van der Waals surface area contributed by atoms with E-state index in [1.807, 2.05) is 52.7 Å². The highest BCUT2D eigenvalue weighted by molar-refractivity contribution is 7.08. The van der Waals surface area contributed by atoms with Crippen LogP contribution in [0.15, 0.2) is 51.8 Å². The molecule has 3 heterocycles. The fourth-order valence-corrected chi connectivity index (χ4v) is 3.17. The van der Waals surface area contributed by atoms with Crippen LogP contribution in [-0.2, 0) is 18.4 Å². The Labute approximate surface area is 141 Å². The van der Waals surface area contributed by atoms with Crippen molar-refractivity contribution in [1.82, 2.24) is 14.7 Å². The van der Waals surface area contributed by atoms with E-state index in [0.29, 0.717) is 11.4 Å². The molecule has 0 amide bonds. The summed E-state index contributed by atoms with van der Waals surface area (Å²) in [4.78, 5) is 16.6. The predicted octanol–water partition coefficient (Wildman–Crippen LogP) is 3.65. The summed E-state index contributed by atoms with van der Waals surface area (Å²) in [5.74, 6) is 0.347. The molecule has 1 aromatic carbocycles. The highest BCUT2D eigenvalue weighted by atomic mass is 32.1. The van der Waals surface area contributed by atoms with Crippen LogP contribution in [0.25, 0.3) is 22.3 Å². The van der Waals surface area contributed by atoms with Gasteiger partial charge in [0.2, 0.25) is 5.82 Å². The minimum absolute atomic E-state index is 0.0564. The fourth-order valence-electron chi connectivity index (χ4n) is 2.53. The van der Waals surface area contributed by atoms with Gasteiger partial charge in [0.25, 0.3) is 5.89 Å². The summed E-state index contributed by atoms with van der Waals surface area (Å²) < 4.78 is 12.3. The second-order valence-electron chi connectivity index (χ2n) is 5.27. The summed E-state index contributed by atoms with van der Waals surface area (Å²) in [7, 11) is 1.89. The van der Waals surface area contributed by atoms with Gasteiger partial charge >= 0.3 is 5.97 Å². The molecule has 0 saturated carbocycles. The summed E-state index contributed by atoms with van der Waals surface area (Å²) in [6.45, 7) is -0.0564. The Morgan fingerprint density at radius 1 is 1.33 bits per heavy atom. The van der Waals surface area contributed by atoms with Gasteiger partial charge in [-0.05, 0) is 17.5 Å².